The standard InChI is InChI=1S/C40H67N5O8S/c1-8-9-16-28(31(46)34(48)41-26-17-18-26)42-33(47)30-29-27(38(29,4)5)23-45(30)35(49)32(39(6)19-12-10-13-20-39)43-36(50)44-40(21-14-11-15-22-40)25-54(51,52)37(2,3)24-53-7/h26-30,32H,8-25H2,1-7H3,(H,41,48)(H,42,47)(H2,43,44,50)/t27-,28-,29-,30-,32+/m0/s1. The molecule has 0 unspecified atom stereocenters. The molecule has 5 rings (SSSR count). The maximum Gasteiger partial charge on any atom is 0.315 e. The summed E-state index contributed by atoms with van der Waals surface area (Å²) in [7, 11) is -2.24. The summed E-state index contributed by atoms with van der Waals surface area (Å²) in [5.74, 6) is -2.44. The van der Waals surface area contributed by atoms with Gasteiger partial charge in [0.1, 0.15) is 12.1 Å². The fourth-order valence-corrected chi connectivity index (χ4v) is 11.5. The zero-order chi connectivity index (χ0) is 39.7. The average Bonchev–Trinajstić information content (AvgIpc) is 3.96. The van der Waals surface area contributed by atoms with Gasteiger partial charge in [0.25, 0.3) is 5.91 Å². The Bertz CT molecular complexity index is 1530. The fraction of sp³-hybridized carbons (Fsp3) is 0.875. The zero-order valence-corrected chi connectivity index (χ0v) is 34.6. The number of sulfone groups is 1. The van der Waals surface area contributed by atoms with Gasteiger partial charge < -0.3 is 30.9 Å². The number of nitrogens with zero attached hydrogens (tertiary/aromatic N) is 1. The van der Waals surface area contributed by atoms with Gasteiger partial charge in [-0.05, 0) is 81.5 Å². The van der Waals surface area contributed by atoms with E-state index in [0.29, 0.717) is 45.1 Å². The molecule has 5 fully saturated rings. The summed E-state index contributed by atoms with van der Waals surface area (Å²) in [6, 6.07) is -3.40. The molecule has 5 amide bonds. The van der Waals surface area contributed by atoms with Crippen LogP contribution in [-0.4, -0.2) is 103 Å². The molecule has 5 atom stereocenters. The Morgan fingerprint density at radius 2 is 1.52 bits per heavy atom. The number of amides is 5. The normalized spacial score (nSPS) is 26.8. The van der Waals surface area contributed by atoms with Gasteiger partial charge in [0.15, 0.2) is 9.84 Å². The summed E-state index contributed by atoms with van der Waals surface area (Å²) in [5.41, 5.74) is -1.79. The molecular formula is C40H67N5O8S. The molecule has 0 radical (unpaired) electrons. The number of nitrogens with one attached hydrogen (secondary N) is 4. The minimum absolute atomic E-state index is 0.00243. The van der Waals surface area contributed by atoms with E-state index in [2.05, 4.69) is 35.1 Å². The van der Waals surface area contributed by atoms with Crippen LogP contribution in [0.5, 0.6) is 0 Å². The first-order valence-electron chi connectivity index (χ1n) is 20.6. The predicted molar refractivity (Wildman–Crippen MR) is 206 cm³/mol. The van der Waals surface area contributed by atoms with E-state index in [1.165, 1.54) is 7.11 Å². The summed E-state index contributed by atoms with van der Waals surface area (Å²) >= 11 is 0. The first kappa shape index (κ1) is 42.4. The molecular weight excluding hydrogens is 711 g/mol. The summed E-state index contributed by atoms with van der Waals surface area (Å²) in [6.45, 7) is 11.8. The van der Waals surface area contributed by atoms with Crippen LogP contribution in [0.4, 0.5) is 4.79 Å². The molecule has 0 bridgehead atoms. The number of hydrogen-bond donors (Lipinski definition) is 4. The molecule has 1 aliphatic heterocycles. The van der Waals surface area contributed by atoms with Crippen LogP contribution in [0.2, 0.25) is 0 Å². The van der Waals surface area contributed by atoms with E-state index in [9.17, 15) is 32.4 Å². The van der Waals surface area contributed by atoms with Crippen molar-refractivity contribution in [2.75, 3.05) is 26.0 Å². The number of piperidine rings is 1. The second-order valence-electron chi connectivity index (χ2n) is 18.7. The maximum absolute atomic E-state index is 15.0. The van der Waals surface area contributed by atoms with Gasteiger partial charge in [-0.25, -0.2) is 13.2 Å². The molecule has 13 nitrogen and oxygen atoms in total. The zero-order valence-electron chi connectivity index (χ0n) is 33.8. The SMILES string of the molecule is CCCC[C@H](NC(=O)[C@@H]1[C@@H]2[C@H](CN1C(=O)[C@@H](NC(=O)NC1(CS(=O)(=O)C(C)(C)COC)CCCCC1)C1(C)CCCCC1)C2(C)C)C(=O)C(=O)NC1CC1. The number of methoxy groups -OCH3 is 1. The van der Waals surface area contributed by atoms with E-state index in [1.54, 1.807) is 18.7 Å². The molecule has 0 aromatic carbocycles. The number of fused-ring (bicyclic) bond motifs is 1. The highest BCUT2D eigenvalue weighted by molar-refractivity contribution is 7.92. The third-order valence-corrected chi connectivity index (χ3v) is 16.3. The van der Waals surface area contributed by atoms with Crippen molar-refractivity contribution in [2.45, 2.75) is 172 Å². The smallest absolute Gasteiger partial charge is 0.315 e. The molecule has 14 heteroatoms. The van der Waals surface area contributed by atoms with Crippen LogP contribution < -0.4 is 21.3 Å². The topological polar surface area (TPSA) is 180 Å². The van der Waals surface area contributed by atoms with Crippen molar-refractivity contribution in [3.05, 3.63) is 0 Å². The lowest BCUT2D eigenvalue weighted by Gasteiger charge is -2.44. The van der Waals surface area contributed by atoms with Gasteiger partial charge in [-0.3, -0.25) is 19.2 Å². The molecule has 4 N–H and O–H groups in total. The van der Waals surface area contributed by atoms with Crippen LogP contribution in [0.1, 0.15) is 138 Å². The first-order valence-corrected chi connectivity index (χ1v) is 22.2. The Morgan fingerprint density at radius 1 is 0.907 bits per heavy atom. The number of ketones is 1. The molecule has 4 aliphatic carbocycles. The number of likely N-dealkylation sites (tertiary alicyclic amines) is 1. The van der Waals surface area contributed by atoms with Crippen LogP contribution in [-0.2, 0) is 33.8 Å². The van der Waals surface area contributed by atoms with E-state index < -0.39 is 67.3 Å². The third-order valence-electron chi connectivity index (χ3n) is 13.6. The molecule has 1 heterocycles. The van der Waals surface area contributed by atoms with Crippen molar-refractivity contribution < 1.29 is 37.1 Å². The quantitative estimate of drug-likeness (QED) is 0.159. The predicted octanol–water partition coefficient (Wildman–Crippen LogP) is 4.17. The molecule has 1 saturated heterocycles. The van der Waals surface area contributed by atoms with Crippen molar-refractivity contribution in [1.82, 2.24) is 26.2 Å². The second kappa shape index (κ2) is 16.4. The lowest BCUT2D eigenvalue weighted by molar-refractivity contribution is -0.146. The Kier molecular flexibility index (Phi) is 12.9. The Morgan fingerprint density at radius 3 is 2.09 bits per heavy atom. The number of ether oxygens (including phenoxy) is 1. The summed E-state index contributed by atoms with van der Waals surface area (Å²) in [4.78, 5) is 71.2. The van der Waals surface area contributed by atoms with Gasteiger partial charge in [0.2, 0.25) is 17.6 Å². The van der Waals surface area contributed by atoms with Crippen LogP contribution in [0.25, 0.3) is 0 Å². The lowest BCUT2D eigenvalue weighted by Crippen LogP contribution is -2.65. The summed E-state index contributed by atoms with van der Waals surface area (Å²) in [6.07, 6.45) is 11.1. The molecule has 4 saturated carbocycles. The van der Waals surface area contributed by atoms with Gasteiger partial charge in [-0.15, -0.1) is 0 Å². The number of carbonyl (C=O) groups is 5. The number of carbonyl (C=O) groups excluding carboxylic acids is 5. The largest absolute Gasteiger partial charge is 0.383 e. The van der Waals surface area contributed by atoms with E-state index in [-0.39, 0.29) is 41.6 Å². The van der Waals surface area contributed by atoms with Gasteiger partial charge in [-0.2, -0.15) is 0 Å². The highest BCUT2D eigenvalue weighted by Gasteiger charge is 2.70. The third kappa shape index (κ3) is 9.10. The second-order valence-corrected chi connectivity index (χ2v) is 21.4. The number of urea groups is 1. The van der Waals surface area contributed by atoms with Gasteiger partial charge >= 0.3 is 6.03 Å². The molecule has 54 heavy (non-hydrogen) atoms. The minimum atomic E-state index is -3.71. The number of rotatable bonds is 17. The van der Waals surface area contributed by atoms with Gasteiger partial charge in [0.05, 0.1) is 28.7 Å². The van der Waals surface area contributed by atoms with Crippen LogP contribution in [0.15, 0.2) is 0 Å². The number of Topliss-reactive ketones (excluding diaryl/α,β-unsaturated/α-hetero) is 1. The van der Waals surface area contributed by atoms with E-state index >= 15 is 0 Å². The summed E-state index contributed by atoms with van der Waals surface area (Å²) < 4.78 is 31.6. The fourth-order valence-electron chi connectivity index (χ4n) is 9.68. The van der Waals surface area contributed by atoms with Crippen molar-refractivity contribution in [3.63, 3.8) is 0 Å². The molecule has 0 aromatic rings. The Balaban J connectivity index is 1.39. The molecule has 0 aromatic heterocycles. The van der Waals surface area contributed by atoms with Crippen molar-refractivity contribution >= 4 is 39.4 Å². The van der Waals surface area contributed by atoms with E-state index in [1.807, 2.05) is 13.8 Å². The van der Waals surface area contributed by atoms with Crippen molar-refractivity contribution in [3.8, 4) is 0 Å². The number of hydrogen-bond acceptors (Lipinski definition) is 8. The Labute approximate surface area is 322 Å². The van der Waals surface area contributed by atoms with Crippen molar-refractivity contribution in [2.24, 2.45) is 22.7 Å². The average molecular weight is 778 g/mol. The monoisotopic (exact) mass is 777 g/mol. The molecule has 0 spiro atoms. The van der Waals surface area contributed by atoms with Crippen LogP contribution in [0.3, 0.4) is 0 Å². The lowest BCUT2D eigenvalue weighted by atomic mass is 9.70. The minimum Gasteiger partial charge on any atom is -0.383 e. The summed E-state index contributed by atoms with van der Waals surface area (Å²) in [5, 5.41) is 11.8. The highest BCUT2D eigenvalue weighted by Crippen LogP contribution is 2.65. The molecule has 306 valence electrons. The first-order chi connectivity index (χ1) is 25.3. The van der Waals surface area contributed by atoms with Crippen LogP contribution in [0, 0.1) is 22.7 Å². The maximum atomic E-state index is 15.0. The van der Waals surface area contributed by atoms with Gasteiger partial charge in [0, 0.05) is 19.7 Å². The van der Waals surface area contributed by atoms with Gasteiger partial charge in [-0.1, -0.05) is 79.1 Å². The Hall–Kier alpha value is -2.74. The van der Waals surface area contributed by atoms with E-state index in [4.69, 9.17) is 4.74 Å². The van der Waals surface area contributed by atoms with Crippen molar-refractivity contribution in [1.29, 1.82) is 0 Å². The molecule has 5 aliphatic rings. The number of unbranched alkanes of at least 4 members (excludes halogenated alkanes) is 1. The van der Waals surface area contributed by atoms with E-state index in [0.717, 1.165) is 57.8 Å². The highest BCUT2D eigenvalue weighted by atomic mass is 32.2. The van der Waals surface area contributed by atoms with Crippen LogP contribution >= 0.6 is 0 Å².